The van der Waals surface area contributed by atoms with Gasteiger partial charge in [0.2, 0.25) is 0 Å². The number of anilines is 1. The van der Waals surface area contributed by atoms with Crippen LogP contribution in [-0.2, 0) is 0 Å². The summed E-state index contributed by atoms with van der Waals surface area (Å²) in [6, 6.07) is 5.67. The van der Waals surface area contributed by atoms with Gasteiger partial charge >= 0.3 is 0 Å². The van der Waals surface area contributed by atoms with E-state index in [0.717, 1.165) is 37.8 Å². The van der Waals surface area contributed by atoms with Crippen LogP contribution in [0.3, 0.4) is 0 Å². The van der Waals surface area contributed by atoms with Crippen LogP contribution < -0.4 is 10.6 Å². The molecule has 1 saturated heterocycles. The van der Waals surface area contributed by atoms with Crippen molar-refractivity contribution in [2.45, 2.75) is 31.7 Å². The van der Waals surface area contributed by atoms with E-state index >= 15 is 0 Å². The second-order valence-corrected chi connectivity index (χ2v) is 6.27. The molecule has 3 atom stereocenters. The van der Waals surface area contributed by atoms with Crippen LogP contribution in [0.5, 0.6) is 0 Å². The average molecular weight is 289 g/mol. The summed E-state index contributed by atoms with van der Waals surface area (Å²) in [7, 11) is 0. The molecule has 21 heavy (non-hydrogen) atoms. The molecule has 0 spiro atoms. The first-order valence-corrected chi connectivity index (χ1v) is 7.82. The Morgan fingerprint density at radius 1 is 1.24 bits per heavy atom. The first-order valence-electron chi connectivity index (χ1n) is 7.82. The fourth-order valence-electron chi connectivity index (χ4n) is 3.81. The number of para-hydroxylation sites is 1. The standard InChI is InChI=1S/C16H20FN3O/c17-13-2-1-3-14-15(13)21-16(20-14)19-12-5-4-11-9-18-7-6-10(11)8-12/h1-3,10-12,18H,4-9H2,(H,19,20). The van der Waals surface area contributed by atoms with Crippen molar-refractivity contribution >= 4 is 17.1 Å². The van der Waals surface area contributed by atoms with E-state index in [4.69, 9.17) is 4.42 Å². The number of nitrogens with zero attached hydrogens (tertiary/aromatic N) is 1. The van der Waals surface area contributed by atoms with Gasteiger partial charge in [0.25, 0.3) is 6.01 Å². The zero-order valence-electron chi connectivity index (χ0n) is 11.9. The second kappa shape index (κ2) is 5.30. The van der Waals surface area contributed by atoms with Gasteiger partial charge in [0.05, 0.1) is 0 Å². The highest BCUT2D eigenvalue weighted by Gasteiger charge is 2.32. The van der Waals surface area contributed by atoms with Gasteiger partial charge in [0.1, 0.15) is 5.52 Å². The molecule has 1 aliphatic carbocycles. The Hall–Kier alpha value is -1.62. The normalized spacial score (nSPS) is 29.3. The molecule has 112 valence electrons. The van der Waals surface area contributed by atoms with Gasteiger partial charge in [0.15, 0.2) is 11.4 Å². The Bertz CT molecular complexity index is 641. The number of benzene rings is 1. The van der Waals surface area contributed by atoms with Gasteiger partial charge in [-0.05, 0) is 62.7 Å². The molecule has 1 saturated carbocycles. The smallest absolute Gasteiger partial charge is 0.296 e. The highest BCUT2D eigenvalue weighted by molar-refractivity contribution is 5.74. The van der Waals surface area contributed by atoms with E-state index < -0.39 is 0 Å². The molecule has 2 aliphatic rings. The minimum atomic E-state index is -0.352. The zero-order chi connectivity index (χ0) is 14.2. The first-order chi connectivity index (χ1) is 10.3. The van der Waals surface area contributed by atoms with Gasteiger partial charge in [-0.3, -0.25) is 0 Å². The summed E-state index contributed by atoms with van der Waals surface area (Å²) >= 11 is 0. The molecule has 1 aromatic heterocycles. The summed E-state index contributed by atoms with van der Waals surface area (Å²) in [6.07, 6.45) is 4.78. The van der Waals surface area contributed by atoms with Crippen molar-refractivity contribution in [3.63, 3.8) is 0 Å². The van der Waals surface area contributed by atoms with Crippen LogP contribution in [0.15, 0.2) is 22.6 Å². The van der Waals surface area contributed by atoms with Crippen molar-refractivity contribution in [3.8, 4) is 0 Å². The lowest BCUT2D eigenvalue weighted by Crippen LogP contribution is -2.42. The highest BCUT2D eigenvalue weighted by Crippen LogP contribution is 2.35. The topological polar surface area (TPSA) is 50.1 Å². The van der Waals surface area contributed by atoms with E-state index in [-0.39, 0.29) is 11.4 Å². The molecule has 0 bridgehead atoms. The molecule has 1 aromatic carbocycles. The van der Waals surface area contributed by atoms with Gasteiger partial charge in [-0.25, -0.2) is 4.39 Å². The Labute approximate surface area is 123 Å². The largest absolute Gasteiger partial charge is 0.420 e. The molecule has 0 radical (unpaired) electrons. The highest BCUT2D eigenvalue weighted by atomic mass is 19.1. The number of halogens is 1. The number of hydrogen-bond donors (Lipinski definition) is 2. The van der Waals surface area contributed by atoms with Crippen molar-refractivity contribution in [3.05, 3.63) is 24.0 Å². The monoisotopic (exact) mass is 289 g/mol. The van der Waals surface area contributed by atoms with Crippen LogP contribution >= 0.6 is 0 Å². The lowest BCUT2D eigenvalue weighted by Gasteiger charge is -2.39. The predicted molar refractivity (Wildman–Crippen MR) is 79.7 cm³/mol. The number of aromatic nitrogens is 1. The summed E-state index contributed by atoms with van der Waals surface area (Å²) in [5.74, 6) is 1.26. The molecule has 2 N–H and O–H groups in total. The minimum absolute atomic E-state index is 0.246. The molecule has 0 amide bonds. The number of fused-ring (bicyclic) bond motifs is 2. The average Bonchev–Trinajstić information content (AvgIpc) is 2.91. The number of hydrogen-bond acceptors (Lipinski definition) is 4. The lowest BCUT2D eigenvalue weighted by atomic mass is 9.74. The summed E-state index contributed by atoms with van der Waals surface area (Å²) in [4.78, 5) is 4.34. The quantitative estimate of drug-likeness (QED) is 0.891. The first kappa shape index (κ1) is 13.1. The van der Waals surface area contributed by atoms with Gasteiger partial charge in [-0.1, -0.05) is 6.07 Å². The van der Waals surface area contributed by atoms with Crippen LogP contribution in [0.2, 0.25) is 0 Å². The van der Waals surface area contributed by atoms with Crippen molar-refractivity contribution in [2.24, 2.45) is 11.8 Å². The van der Waals surface area contributed by atoms with Crippen LogP contribution in [0, 0.1) is 17.7 Å². The fraction of sp³-hybridized carbons (Fsp3) is 0.562. The number of piperidine rings is 1. The van der Waals surface area contributed by atoms with Crippen molar-refractivity contribution in [2.75, 3.05) is 18.4 Å². The van der Waals surface area contributed by atoms with Crippen molar-refractivity contribution in [1.82, 2.24) is 10.3 Å². The molecular weight excluding hydrogens is 269 g/mol. The molecular formula is C16H20FN3O. The van der Waals surface area contributed by atoms with Crippen LogP contribution in [0.25, 0.3) is 11.1 Å². The van der Waals surface area contributed by atoms with E-state index in [1.165, 1.54) is 18.9 Å². The van der Waals surface area contributed by atoms with Gasteiger partial charge in [0, 0.05) is 6.04 Å². The molecule has 1 aliphatic heterocycles. The van der Waals surface area contributed by atoms with Crippen LogP contribution in [0.4, 0.5) is 10.4 Å². The molecule has 2 heterocycles. The molecule has 2 aromatic rings. The fourth-order valence-corrected chi connectivity index (χ4v) is 3.81. The molecule has 5 heteroatoms. The molecule has 3 unspecified atom stereocenters. The minimum Gasteiger partial charge on any atom is -0.420 e. The summed E-state index contributed by atoms with van der Waals surface area (Å²) in [6.45, 7) is 2.29. The lowest BCUT2D eigenvalue weighted by molar-refractivity contribution is 0.175. The summed E-state index contributed by atoms with van der Waals surface area (Å²) in [5.41, 5.74) is 0.823. The van der Waals surface area contributed by atoms with E-state index in [1.54, 1.807) is 12.1 Å². The number of rotatable bonds is 2. The Morgan fingerprint density at radius 3 is 3.10 bits per heavy atom. The van der Waals surface area contributed by atoms with Crippen LogP contribution in [0.1, 0.15) is 25.7 Å². The zero-order valence-corrected chi connectivity index (χ0v) is 11.9. The van der Waals surface area contributed by atoms with Gasteiger partial charge in [-0.15, -0.1) is 0 Å². The van der Waals surface area contributed by atoms with E-state index in [0.29, 0.717) is 17.6 Å². The molecule has 4 rings (SSSR count). The predicted octanol–water partition coefficient (Wildman–Crippen LogP) is 3.16. The maximum atomic E-state index is 13.6. The summed E-state index contributed by atoms with van der Waals surface area (Å²) in [5, 5.41) is 6.85. The van der Waals surface area contributed by atoms with E-state index in [1.807, 2.05) is 0 Å². The number of nitrogens with one attached hydrogen (secondary N) is 2. The van der Waals surface area contributed by atoms with Crippen LogP contribution in [-0.4, -0.2) is 24.1 Å². The third kappa shape index (κ3) is 2.50. The van der Waals surface area contributed by atoms with Crippen molar-refractivity contribution in [1.29, 1.82) is 0 Å². The number of oxazole rings is 1. The SMILES string of the molecule is Fc1cccc2nc(NC3CCC4CNCCC4C3)oc12. The van der Waals surface area contributed by atoms with Crippen molar-refractivity contribution < 1.29 is 8.81 Å². The Balaban J connectivity index is 1.48. The summed E-state index contributed by atoms with van der Waals surface area (Å²) < 4.78 is 19.2. The maximum absolute atomic E-state index is 13.6. The van der Waals surface area contributed by atoms with Gasteiger partial charge in [-0.2, -0.15) is 4.98 Å². The third-order valence-corrected chi connectivity index (χ3v) is 4.93. The Morgan fingerprint density at radius 2 is 2.19 bits per heavy atom. The third-order valence-electron chi connectivity index (χ3n) is 4.93. The van der Waals surface area contributed by atoms with E-state index in [2.05, 4.69) is 15.6 Å². The van der Waals surface area contributed by atoms with Gasteiger partial charge < -0.3 is 15.1 Å². The Kier molecular flexibility index (Phi) is 3.30. The van der Waals surface area contributed by atoms with E-state index in [9.17, 15) is 4.39 Å². The maximum Gasteiger partial charge on any atom is 0.296 e. The molecule has 2 fully saturated rings. The molecule has 4 nitrogen and oxygen atoms in total. The second-order valence-electron chi connectivity index (χ2n) is 6.27.